The lowest BCUT2D eigenvalue weighted by molar-refractivity contribution is -0.399. The van der Waals surface area contributed by atoms with Crippen molar-refractivity contribution in [1.82, 2.24) is 0 Å². The van der Waals surface area contributed by atoms with E-state index in [1.54, 1.807) is 0 Å². The van der Waals surface area contributed by atoms with Gasteiger partial charge in [0.2, 0.25) is 6.04 Å². The van der Waals surface area contributed by atoms with E-state index in [1.165, 1.54) is 6.08 Å². The Morgan fingerprint density at radius 3 is 2.75 bits per heavy atom. The van der Waals surface area contributed by atoms with Gasteiger partial charge in [-0.05, 0) is 25.5 Å². The van der Waals surface area contributed by atoms with E-state index in [4.69, 9.17) is 10.8 Å². The van der Waals surface area contributed by atoms with E-state index >= 15 is 0 Å². The first-order valence-corrected chi connectivity index (χ1v) is 3.71. The van der Waals surface area contributed by atoms with Crippen LogP contribution in [0.5, 0.6) is 0 Å². The van der Waals surface area contributed by atoms with E-state index in [1.807, 2.05) is 0 Å². The summed E-state index contributed by atoms with van der Waals surface area (Å²) in [5, 5.41) is 8.34. The van der Waals surface area contributed by atoms with Crippen LogP contribution in [0.2, 0.25) is 0 Å². The lowest BCUT2D eigenvalue weighted by Gasteiger charge is -1.98. The number of carboxylic acids is 1. The molecule has 0 radical (unpaired) electrons. The zero-order valence-electron chi connectivity index (χ0n) is 6.79. The molecule has 6 N–H and O–H groups in total. The Kier molecular flexibility index (Phi) is 5.23. The number of allylic oxidation sites excluding steroid dienone is 1. The molecule has 0 spiro atoms. The van der Waals surface area contributed by atoms with Gasteiger partial charge in [0, 0.05) is 0 Å². The molecule has 0 aliphatic carbocycles. The van der Waals surface area contributed by atoms with Crippen molar-refractivity contribution in [3.05, 3.63) is 11.9 Å². The van der Waals surface area contributed by atoms with Crippen LogP contribution in [0.15, 0.2) is 11.9 Å². The molecule has 1 atom stereocenters. The van der Waals surface area contributed by atoms with E-state index in [-0.39, 0.29) is 0 Å². The third-order valence-corrected chi connectivity index (χ3v) is 1.38. The minimum absolute atomic E-state index is 0.460. The molecule has 0 saturated carbocycles. The van der Waals surface area contributed by atoms with Crippen molar-refractivity contribution < 1.29 is 20.0 Å². The maximum atomic E-state index is 12.7. The first kappa shape index (κ1) is 11.1. The number of halogens is 1. The van der Waals surface area contributed by atoms with Crippen molar-refractivity contribution in [2.24, 2.45) is 5.73 Å². The second-order valence-corrected chi connectivity index (χ2v) is 2.41. The van der Waals surface area contributed by atoms with Crippen LogP contribution >= 0.6 is 0 Å². The molecular formula is C7H14FN2O2+. The fourth-order valence-electron chi connectivity index (χ4n) is 0.618. The molecule has 12 heavy (non-hydrogen) atoms. The molecule has 0 bridgehead atoms. The largest absolute Gasteiger partial charge is 0.477 e. The predicted octanol–water partition coefficient (Wildman–Crippen LogP) is -0.726. The predicted molar refractivity (Wildman–Crippen MR) is 41.8 cm³/mol. The first-order chi connectivity index (χ1) is 5.59. The third kappa shape index (κ3) is 4.05. The van der Waals surface area contributed by atoms with E-state index in [0.717, 1.165) is 0 Å². The number of hydrogen-bond donors (Lipinski definition) is 3. The summed E-state index contributed by atoms with van der Waals surface area (Å²) in [6.07, 6.45) is 2.33. The Hall–Kier alpha value is -0.940. The van der Waals surface area contributed by atoms with Crippen LogP contribution in [0.3, 0.4) is 0 Å². The number of quaternary nitrogens is 1. The number of unbranched alkanes of at least 4 members (excludes halogenated alkanes) is 1. The smallest absolute Gasteiger partial charge is 0.369 e. The summed E-state index contributed by atoms with van der Waals surface area (Å²) in [6, 6.07) is -1.29. The monoisotopic (exact) mass is 177 g/mol. The minimum atomic E-state index is -1.29. The van der Waals surface area contributed by atoms with E-state index < -0.39 is 17.8 Å². The second-order valence-electron chi connectivity index (χ2n) is 2.41. The zero-order chi connectivity index (χ0) is 9.56. The Labute approximate surface area is 70.0 Å². The highest BCUT2D eigenvalue weighted by molar-refractivity contribution is 5.74. The number of aliphatic carboxylic acids is 1. The standard InChI is InChI=1S/C7H13FN2O2/c8-5(3-1-2-4-9)6(10)7(11)12/h3,6H,1-2,4,9-10H2,(H,11,12)/p+1/b5-3-. The molecule has 0 rings (SSSR count). The van der Waals surface area contributed by atoms with Crippen LogP contribution in [-0.2, 0) is 4.79 Å². The quantitative estimate of drug-likeness (QED) is 0.484. The molecular weight excluding hydrogens is 163 g/mol. The molecule has 0 aliphatic rings. The lowest BCUT2D eigenvalue weighted by atomic mass is 10.2. The second kappa shape index (κ2) is 5.68. The Balaban J connectivity index is 3.90. The van der Waals surface area contributed by atoms with Crippen LogP contribution in [0.4, 0.5) is 4.39 Å². The van der Waals surface area contributed by atoms with E-state index in [0.29, 0.717) is 19.4 Å². The van der Waals surface area contributed by atoms with Crippen LogP contribution in [0.1, 0.15) is 12.8 Å². The molecule has 4 nitrogen and oxygen atoms in total. The molecule has 0 amide bonds. The zero-order valence-corrected chi connectivity index (χ0v) is 6.79. The van der Waals surface area contributed by atoms with Crippen LogP contribution in [0.25, 0.3) is 0 Å². The van der Waals surface area contributed by atoms with Gasteiger partial charge in [-0.15, -0.1) is 0 Å². The van der Waals surface area contributed by atoms with Crippen molar-refractivity contribution >= 4 is 5.97 Å². The maximum Gasteiger partial charge on any atom is 0.369 e. The molecule has 0 aromatic rings. The normalized spacial score (nSPS) is 14.4. The molecule has 0 aromatic heterocycles. The summed E-state index contributed by atoms with van der Waals surface area (Å²) in [6.45, 7) is 0.471. The number of carboxylic acid groups (broad SMARTS) is 1. The number of carbonyl (C=O) groups is 1. The van der Waals surface area contributed by atoms with E-state index in [2.05, 4.69) is 5.73 Å². The molecule has 1 unspecified atom stereocenters. The molecule has 0 aromatic carbocycles. The number of nitrogens with two attached hydrogens (primary N) is 1. The third-order valence-electron chi connectivity index (χ3n) is 1.38. The number of rotatable bonds is 5. The average molecular weight is 177 g/mol. The van der Waals surface area contributed by atoms with Crippen molar-refractivity contribution in [3.63, 3.8) is 0 Å². The lowest BCUT2D eigenvalue weighted by Crippen LogP contribution is -2.65. The van der Waals surface area contributed by atoms with Crippen molar-refractivity contribution in [2.75, 3.05) is 6.54 Å². The van der Waals surface area contributed by atoms with Gasteiger partial charge in [-0.25, -0.2) is 9.18 Å². The van der Waals surface area contributed by atoms with Crippen LogP contribution in [0, 0.1) is 0 Å². The van der Waals surface area contributed by atoms with E-state index in [9.17, 15) is 9.18 Å². The van der Waals surface area contributed by atoms with Gasteiger partial charge < -0.3 is 16.6 Å². The molecule has 70 valence electrons. The fraction of sp³-hybridized carbons (Fsp3) is 0.571. The Morgan fingerprint density at radius 2 is 2.33 bits per heavy atom. The molecule has 0 aliphatic heterocycles. The van der Waals surface area contributed by atoms with Crippen molar-refractivity contribution in [1.29, 1.82) is 0 Å². The highest BCUT2D eigenvalue weighted by Crippen LogP contribution is 2.03. The summed E-state index contributed by atoms with van der Waals surface area (Å²) in [7, 11) is 0. The van der Waals surface area contributed by atoms with Gasteiger partial charge in [0.1, 0.15) is 0 Å². The summed E-state index contributed by atoms with van der Waals surface area (Å²) < 4.78 is 12.7. The summed E-state index contributed by atoms with van der Waals surface area (Å²) in [5.41, 5.74) is 8.31. The molecule has 5 heteroatoms. The van der Waals surface area contributed by atoms with Crippen molar-refractivity contribution in [3.8, 4) is 0 Å². The topological polar surface area (TPSA) is 91.0 Å². The highest BCUT2D eigenvalue weighted by atomic mass is 19.1. The van der Waals surface area contributed by atoms with Gasteiger partial charge in [0.05, 0.1) is 0 Å². The van der Waals surface area contributed by atoms with Crippen LogP contribution < -0.4 is 11.5 Å². The molecule has 0 heterocycles. The Bertz CT molecular complexity index is 182. The van der Waals surface area contributed by atoms with Gasteiger partial charge in [-0.1, -0.05) is 0 Å². The van der Waals surface area contributed by atoms with Crippen molar-refractivity contribution in [2.45, 2.75) is 18.9 Å². The fourth-order valence-corrected chi connectivity index (χ4v) is 0.618. The van der Waals surface area contributed by atoms with Gasteiger partial charge in [-0.2, -0.15) is 0 Å². The molecule has 0 fully saturated rings. The van der Waals surface area contributed by atoms with Gasteiger partial charge in [0.25, 0.3) is 0 Å². The highest BCUT2D eigenvalue weighted by Gasteiger charge is 2.20. The summed E-state index contributed by atoms with van der Waals surface area (Å²) >= 11 is 0. The number of hydrogen-bond acceptors (Lipinski definition) is 2. The SMILES string of the molecule is NCCC/C=C(\F)C([NH3+])C(=O)O. The summed E-state index contributed by atoms with van der Waals surface area (Å²) in [4.78, 5) is 10.2. The minimum Gasteiger partial charge on any atom is -0.477 e. The summed E-state index contributed by atoms with van der Waals surface area (Å²) in [5.74, 6) is -1.95. The molecule has 0 saturated heterocycles. The first-order valence-electron chi connectivity index (χ1n) is 3.71. The maximum absolute atomic E-state index is 12.7. The van der Waals surface area contributed by atoms with Crippen LogP contribution in [-0.4, -0.2) is 23.7 Å². The Morgan fingerprint density at radius 1 is 1.75 bits per heavy atom. The van der Waals surface area contributed by atoms with Gasteiger partial charge >= 0.3 is 5.97 Å². The van der Waals surface area contributed by atoms with Gasteiger partial charge in [-0.3, -0.25) is 0 Å². The average Bonchev–Trinajstić information content (AvgIpc) is 2.03. The van der Waals surface area contributed by atoms with Gasteiger partial charge in [0.15, 0.2) is 5.83 Å².